The van der Waals surface area contributed by atoms with Crippen molar-refractivity contribution in [2.45, 2.75) is 45.1 Å². The Kier molecular flexibility index (Phi) is 5.55. The molecule has 3 atom stereocenters. The van der Waals surface area contributed by atoms with Gasteiger partial charge < -0.3 is 15.4 Å². The highest BCUT2D eigenvalue weighted by atomic mass is 16.5. The maximum atomic E-state index is 11.3. The van der Waals surface area contributed by atoms with E-state index >= 15 is 0 Å². The molecule has 2 aliphatic rings. The van der Waals surface area contributed by atoms with Crippen molar-refractivity contribution in [3.8, 4) is 0 Å². The van der Waals surface area contributed by atoms with Crippen LogP contribution in [0.25, 0.3) is 0 Å². The topological polar surface area (TPSA) is 98.1 Å². The number of nitrogens with one attached hydrogen (secondary N) is 2. The van der Waals surface area contributed by atoms with Crippen LogP contribution in [-0.4, -0.2) is 47.7 Å². The lowest BCUT2D eigenvalue weighted by Gasteiger charge is -2.10. The Hall–Kier alpha value is -2.12. The van der Waals surface area contributed by atoms with E-state index in [1.807, 2.05) is 4.68 Å². The normalized spacial score (nSPS) is 24.3. The number of ether oxygens (including phenoxy) is 1. The van der Waals surface area contributed by atoms with Gasteiger partial charge in [0, 0.05) is 27.1 Å². The van der Waals surface area contributed by atoms with Gasteiger partial charge in [0.2, 0.25) is 5.91 Å². The molecule has 0 spiro atoms. The third-order valence-electron chi connectivity index (χ3n) is 5.52. The number of alkyl carbamates (subject to hydrolysis) is 1. The number of rotatable bonds is 6. The van der Waals surface area contributed by atoms with Crippen LogP contribution in [-0.2, 0) is 28.9 Å². The van der Waals surface area contributed by atoms with E-state index in [-0.39, 0.29) is 12.0 Å². The van der Waals surface area contributed by atoms with Gasteiger partial charge in [0.25, 0.3) is 0 Å². The SMILES string of the molecule is CNC(=O)CCCn1nnc2c1CC[C@@H]1[C@H](CC2)[C@@H]1COC(=O)NC. The minimum atomic E-state index is -0.351. The summed E-state index contributed by atoms with van der Waals surface area (Å²) < 4.78 is 7.21. The molecule has 1 fully saturated rings. The second kappa shape index (κ2) is 7.84. The van der Waals surface area contributed by atoms with Crippen molar-refractivity contribution in [2.24, 2.45) is 17.8 Å². The Morgan fingerprint density at radius 1 is 1.20 bits per heavy atom. The second-order valence-electron chi connectivity index (χ2n) is 6.90. The minimum absolute atomic E-state index is 0.0581. The van der Waals surface area contributed by atoms with Crippen molar-refractivity contribution in [1.29, 1.82) is 0 Å². The molecule has 138 valence electrons. The van der Waals surface area contributed by atoms with E-state index in [1.165, 1.54) is 5.69 Å². The zero-order valence-electron chi connectivity index (χ0n) is 15.0. The van der Waals surface area contributed by atoms with Gasteiger partial charge in [0.1, 0.15) is 0 Å². The van der Waals surface area contributed by atoms with Crippen LogP contribution in [0.2, 0.25) is 0 Å². The minimum Gasteiger partial charge on any atom is -0.449 e. The van der Waals surface area contributed by atoms with Crippen LogP contribution in [0, 0.1) is 17.8 Å². The van der Waals surface area contributed by atoms with E-state index in [1.54, 1.807) is 14.1 Å². The fourth-order valence-corrected chi connectivity index (χ4v) is 4.01. The van der Waals surface area contributed by atoms with Gasteiger partial charge in [-0.2, -0.15) is 0 Å². The first kappa shape index (κ1) is 17.7. The summed E-state index contributed by atoms with van der Waals surface area (Å²) in [4.78, 5) is 22.6. The van der Waals surface area contributed by atoms with Gasteiger partial charge in [-0.3, -0.25) is 4.79 Å². The molecule has 2 aliphatic carbocycles. The monoisotopic (exact) mass is 349 g/mol. The third kappa shape index (κ3) is 4.11. The van der Waals surface area contributed by atoms with Crippen LogP contribution in [0.15, 0.2) is 0 Å². The number of hydrogen-bond donors (Lipinski definition) is 2. The maximum absolute atomic E-state index is 11.3. The van der Waals surface area contributed by atoms with Crippen molar-refractivity contribution in [3.05, 3.63) is 11.4 Å². The van der Waals surface area contributed by atoms with Gasteiger partial charge in [0.15, 0.2) is 0 Å². The highest BCUT2D eigenvalue weighted by Crippen LogP contribution is 2.52. The second-order valence-corrected chi connectivity index (χ2v) is 6.90. The maximum Gasteiger partial charge on any atom is 0.406 e. The molecule has 0 bridgehead atoms. The number of amides is 2. The summed E-state index contributed by atoms with van der Waals surface area (Å²) in [7, 11) is 3.24. The molecule has 3 rings (SSSR count). The van der Waals surface area contributed by atoms with Crippen LogP contribution in [0.3, 0.4) is 0 Å². The Labute approximate surface area is 147 Å². The Morgan fingerprint density at radius 3 is 2.68 bits per heavy atom. The van der Waals surface area contributed by atoms with E-state index in [9.17, 15) is 9.59 Å². The lowest BCUT2D eigenvalue weighted by Crippen LogP contribution is -2.20. The quantitative estimate of drug-likeness (QED) is 0.795. The number of aryl methyl sites for hydroxylation is 2. The molecule has 1 aromatic rings. The summed E-state index contributed by atoms with van der Waals surface area (Å²) in [5, 5.41) is 13.8. The molecule has 0 unspecified atom stereocenters. The number of carbonyl (C=O) groups excluding carboxylic acids is 2. The Balaban J connectivity index is 1.53. The van der Waals surface area contributed by atoms with Gasteiger partial charge in [-0.25, -0.2) is 9.48 Å². The van der Waals surface area contributed by atoms with E-state index in [0.29, 0.717) is 30.8 Å². The fourth-order valence-electron chi connectivity index (χ4n) is 4.01. The Bertz CT molecular complexity index is 630. The predicted octanol–water partition coefficient (Wildman–Crippen LogP) is 0.901. The summed E-state index contributed by atoms with van der Waals surface area (Å²) in [6.45, 7) is 1.24. The van der Waals surface area contributed by atoms with Crippen molar-refractivity contribution >= 4 is 12.0 Å². The molecular weight excluding hydrogens is 322 g/mol. The number of carbonyl (C=O) groups is 2. The van der Waals surface area contributed by atoms with Gasteiger partial charge in [-0.05, 0) is 49.9 Å². The smallest absolute Gasteiger partial charge is 0.406 e. The number of nitrogens with zero attached hydrogens (tertiary/aromatic N) is 3. The molecular formula is C17H27N5O3. The molecule has 1 saturated carbocycles. The van der Waals surface area contributed by atoms with Crippen molar-refractivity contribution in [1.82, 2.24) is 25.6 Å². The van der Waals surface area contributed by atoms with E-state index in [0.717, 1.165) is 44.3 Å². The van der Waals surface area contributed by atoms with Crippen LogP contribution in [0.4, 0.5) is 4.79 Å². The van der Waals surface area contributed by atoms with E-state index < -0.39 is 0 Å². The lowest BCUT2D eigenvalue weighted by molar-refractivity contribution is -0.120. The van der Waals surface area contributed by atoms with Crippen LogP contribution in [0.5, 0.6) is 0 Å². The van der Waals surface area contributed by atoms with Gasteiger partial charge in [0.05, 0.1) is 18.0 Å². The molecule has 0 saturated heterocycles. The van der Waals surface area contributed by atoms with E-state index in [2.05, 4.69) is 20.9 Å². The van der Waals surface area contributed by atoms with Crippen LogP contribution >= 0.6 is 0 Å². The molecule has 25 heavy (non-hydrogen) atoms. The molecule has 8 nitrogen and oxygen atoms in total. The number of hydrogen-bond acceptors (Lipinski definition) is 5. The molecule has 8 heteroatoms. The average Bonchev–Trinajstić information content (AvgIpc) is 3.12. The summed E-state index contributed by atoms with van der Waals surface area (Å²) in [6.07, 6.45) is 4.98. The van der Waals surface area contributed by atoms with Crippen LogP contribution in [0.1, 0.15) is 37.1 Å². The van der Waals surface area contributed by atoms with Gasteiger partial charge >= 0.3 is 6.09 Å². The highest BCUT2D eigenvalue weighted by Gasteiger charge is 2.50. The fraction of sp³-hybridized carbons (Fsp3) is 0.765. The lowest BCUT2D eigenvalue weighted by atomic mass is 10.0. The zero-order valence-corrected chi connectivity index (χ0v) is 15.0. The molecule has 2 amide bonds. The summed E-state index contributed by atoms with van der Waals surface area (Å²) in [5.74, 6) is 1.81. The van der Waals surface area contributed by atoms with Crippen molar-refractivity contribution in [3.63, 3.8) is 0 Å². The first-order chi connectivity index (χ1) is 12.1. The largest absolute Gasteiger partial charge is 0.449 e. The summed E-state index contributed by atoms with van der Waals surface area (Å²) in [6, 6.07) is 0. The van der Waals surface area contributed by atoms with Crippen molar-refractivity contribution in [2.75, 3.05) is 20.7 Å². The highest BCUT2D eigenvalue weighted by molar-refractivity contribution is 5.75. The van der Waals surface area contributed by atoms with E-state index in [4.69, 9.17) is 4.74 Å². The standard InChI is InChI=1S/C17H27N5O3/c1-18-16(23)4-3-9-22-15-8-6-12-11(5-7-14(15)20-21-22)13(12)10-25-17(24)19-2/h11-13H,3-10H2,1-2H3,(H,18,23)(H,19,24)/t11-,12+,13-/m0/s1. The Morgan fingerprint density at radius 2 is 1.96 bits per heavy atom. The van der Waals surface area contributed by atoms with Crippen molar-refractivity contribution < 1.29 is 14.3 Å². The van der Waals surface area contributed by atoms with Gasteiger partial charge in [-0.15, -0.1) is 5.10 Å². The molecule has 0 aromatic carbocycles. The molecule has 1 aromatic heterocycles. The predicted molar refractivity (Wildman–Crippen MR) is 90.8 cm³/mol. The summed E-state index contributed by atoms with van der Waals surface area (Å²) >= 11 is 0. The third-order valence-corrected chi connectivity index (χ3v) is 5.52. The first-order valence-electron chi connectivity index (χ1n) is 9.10. The van der Waals surface area contributed by atoms with Crippen LogP contribution < -0.4 is 10.6 Å². The zero-order chi connectivity index (χ0) is 17.8. The molecule has 1 heterocycles. The summed E-state index contributed by atoms with van der Waals surface area (Å²) in [5.41, 5.74) is 2.31. The van der Waals surface area contributed by atoms with Gasteiger partial charge in [-0.1, -0.05) is 5.21 Å². The molecule has 2 N–H and O–H groups in total. The molecule has 0 radical (unpaired) electrons. The first-order valence-corrected chi connectivity index (χ1v) is 9.10. The molecule has 0 aliphatic heterocycles. The average molecular weight is 349 g/mol. The number of aromatic nitrogens is 3. The number of fused-ring (bicyclic) bond motifs is 2.